The van der Waals surface area contributed by atoms with Crippen molar-refractivity contribution in [2.45, 2.75) is 20.4 Å². The summed E-state index contributed by atoms with van der Waals surface area (Å²) in [6, 6.07) is 9.98. The Hall–Kier alpha value is -2.56. The minimum atomic E-state index is -0.145. The van der Waals surface area contributed by atoms with Gasteiger partial charge in [0.2, 0.25) is 5.91 Å². The van der Waals surface area contributed by atoms with Gasteiger partial charge in [-0.15, -0.1) is 0 Å². The van der Waals surface area contributed by atoms with Crippen LogP contribution in [0.3, 0.4) is 0 Å². The van der Waals surface area contributed by atoms with Crippen molar-refractivity contribution in [1.29, 1.82) is 0 Å². The fourth-order valence-corrected chi connectivity index (χ4v) is 2.60. The van der Waals surface area contributed by atoms with Crippen LogP contribution < -0.4 is 5.32 Å². The average molecular weight is 296 g/mol. The molecule has 114 valence electrons. The highest BCUT2D eigenvalue weighted by atomic mass is 16.1. The van der Waals surface area contributed by atoms with E-state index in [1.54, 1.807) is 10.9 Å². The lowest BCUT2D eigenvalue weighted by Gasteiger charge is -2.12. The number of carbonyl (C=O) groups is 1. The van der Waals surface area contributed by atoms with E-state index in [1.807, 2.05) is 44.4 Å². The van der Waals surface area contributed by atoms with Crippen LogP contribution in [0, 0.1) is 12.8 Å². The van der Waals surface area contributed by atoms with Crippen molar-refractivity contribution in [1.82, 2.24) is 14.3 Å². The molecule has 2 aromatic heterocycles. The van der Waals surface area contributed by atoms with Gasteiger partial charge in [-0.1, -0.05) is 6.92 Å². The van der Waals surface area contributed by atoms with Gasteiger partial charge in [0.15, 0.2) is 0 Å². The predicted octanol–water partition coefficient (Wildman–Crippen LogP) is 2.96. The van der Waals surface area contributed by atoms with Gasteiger partial charge in [-0.25, -0.2) is 0 Å². The molecule has 2 heterocycles. The van der Waals surface area contributed by atoms with Crippen LogP contribution in [-0.4, -0.2) is 20.3 Å². The number of amides is 1. The van der Waals surface area contributed by atoms with E-state index in [9.17, 15) is 4.79 Å². The highest BCUT2D eigenvalue weighted by Gasteiger charge is 2.14. The molecule has 1 amide bonds. The molecular formula is C17H20N4O. The molecule has 0 saturated carbocycles. The summed E-state index contributed by atoms with van der Waals surface area (Å²) in [5.74, 6) is -0.143. The second kappa shape index (κ2) is 5.67. The van der Waals surface area contributed by atoms with Gasteiger partial charge in [-0.3, -0.25) is 9.48 Å². The Balaban J connectivity index is 1.73. The smallest absolute Gasteiger partial charge is 0.229 e. The van der Waals surface area contributed by atoms with Gasteiger partial charge in [0, 0.05) is 41.7 Å². The highest BCUT2D eigenvalue weighted by molar-refractivity contribution is 5.95. The Morgan fingerprint density at radius 1 is 1.36 bits per heavy atom. The standard InChI is InChI=1S/C17H20N4O/c1-12(11-21-8-4-7-18-21)17(22)19-15-5-6-16-14(10-15)9-13(2)20(16)3/h4-10,12H,11H2,1-3H3,(H,19,22)/t12-/m0/s1. The van der Waals surface area contributed by atoms with E-state index < -0.39 is 0 Å². The van der Waals surface area contributed by atoms with Crippen molar-refractivity contribution < 1.29 is 4.79 Å². The van der Waals surface area contributed by atoms with Gasteiger partial charge in [-0.05, 0) is 37.3 Å². The first-order valence-electron chi connectivity index (χ1n) is 7.39. The van der Waals surface area contributed by atoms with E-state index in [2.05, 4.69) is 28.0 Å². The van der Waals surface area contributed by atoms with Crippen LogP contribution in [0.25, 0.3) is 10.9 Å². The fourth-order valence-electron chi connectivity index (χ4n) is 2.60. The molecule has 1 aromatic carbocycles. The Labute approximate surface area is 129 Å². The zero-order valence-electron chi connectivity index (χ0n) is 13.1. The number of fused-ring (bicyclic) bond motifs is 1. The van der Waals surface area contributed by atoms with Gasteiger partial charge < -0.3 is 9.88 Å². The molecule has 3 rings (SSSR count). The van der Waals surface area contributed by atoms with Crippen molar-refractivity contribution >= 4 is 22.5 Å². The third kappa shape index (κ3) is 2.74. The second-order valence-electron chi connectivity index (χ2n) is 5.74. The molecular weight excluding hydrogens is 276 g/mol. The molecule has 0 saturated heterocycles. The number of hydrogen-bond donors (Lipinski definition) is 1. The van der Waals surface area contributed by atoms with Crippen LogP contribution >= 0.6 is 0 Å². The molecule has 0 bridgehead atoms. The lowest BCUT2D eigenvalue weighted by Crippen LogP contribution is -2.24. The first kappa shape index (κ1) is 14.4. The minimum Gasteiger partial charge on any atom is -0.348 e. The Bertz CT molecular complexity index is 802. The van der Waals surface area contributed by atoms with Crippen molar-refractivity contribution in [3.05, 3.63) is 48.4 Å². The zero-order chi connectivity index (χ0) is 15.7. The van der Waals surface area contributed by atoms with E-state index in [0.717, 1.165) is 11.1 Å². The molecule has 0 radical (unpaired) electrons. The maximum absolute atomic E-state index is 12.3. The molecule has 3 aromatic rings. The number of anilines is 1. The monoisotopic (exact) mass is 296 g/mol. The van der Waals surface area contributed by atoms with E-state index in [4.69, 9.17) is 0 Å². The number of nitrogens with one attached hydrogen (secondary N) is 1. The maximum Gasteiger partial charge on any atom is 0.229 e. The number of nitrogens with zero attached hydrogens (tertiary/aromatic N) is 3. The zero-order valence-corrected chi connectivity index (χ0v) is 13.1. The van der Waals surface area contributed by atoms with Gasteiger partial charge in [0.05, 0.1) is 12.5 Å². The Morgan fingerprint density at radius 3 is 2.91 bits per heavy atom. The summed E-state index contributed by atoms with van der Waals surface area (Å²) in [5, 5.41) is 8.26. The topological polar surface area (TPSA) is 51.9 Å². The summed E-state index contributed by atoms with van der Waals surface area (Å²) in [6.07, 6.45) is 3.58. The highest BCUT2D eigenvalue weighted by Crippen LogP contribution is 2.22. The number of rotatable bonds is 4. The molecule has 0 aliphatic carbocycles. The average Bonchev–Trinajstić information content (AvgIpc) is 3.08. The van der Waals surface area contributed by atoms with Crippen LogP contribution in [0.15, 0.2) is 42.7 Å². The largest absolute Gasteiger partial charge is 0.348 e. The van der Waals surface area contributed by atoms with E-state index in [0.29, 0.717) is 6.54 Å². The number of benzene rings is 1. The van der Waals surface area contributed by atoms with Gasteiger partial charge >= 0.3 is 0 Å². The molecule has 22 heavy (non-hydrogen) atoms. The fraction of sp³-hybridized carbons (Fsp3) is 0.294. The molecule has 5 heteroatoms. The number of aromatic nitrogens is 3. The van der Waals surface area contributed by atoms with Crippen LogP contribution in [0.2, 0.25) is 0 Å². The molecule has 0 aliphatic heterocycles. The molecule has 5 nitrogen and oxygen atoms in total. The van der Waals surface area contributed by atoms with E-state index in [-0.39, 0.29) is 11.8 Å². The van der Waals surface area contributed by atoms with Crippen LogP contribution in [-0.2, 0) is 18.4 Å². The first-order valence-corrected chi connectivity index (χ1v) is 7.39. The summed E-state index contributed by atoms with van der Waals surface area (Å²) >= 11 is 0. The summed E-state index contributed by atoms with van der Waals surface area (Å²) in [4.78, 5) is 12.3. The third-order valence-electron chi connectivity index (χ3n) is 4.02. The minimum absolute atomic E-state index is 0.00232. The summed E-state index contributed by atoms with van der Waals surface area (Å²) in [7, 11) is 2.04. The molecule has 0 fully saturated rings. The van der Waals surface area contributed by atoms with Gasteiger partial charge in [0.1, 0.15) is 0 Å². The Kier molecular flexibility index (Phi) is 3.71. The van der Waals surface area contributed by atoms with Crippen molar-refractivity contribution in [3.63, 3.8) is 0 Å². The number of hydrogen-bond acceptors (Lipinski definition) is 2. The van der Waals surface area contributed by atoms with Crippen LogP contribution in [0.5, 0.6) is 0 Å². The van der Waals surface area contributed by atoms with Crippen LogP contribution in [0.1, 0.15) is 12.6 Å². The number of aryl methyl sites for hydroxylation is 2. The second-order valence-corrected chi connectivity index (χ2v) is 5.74. The quantitative estimate of drug-likeness (QED) is 0.804. The third-order valence-corrected chi connectivity index (χ3v) is 4.02. The predicted molar refractivity (Wildman–Crippen MR) is 87.7 cm³/mol. The van der Waals surface area contributed by atoms with Crippen LogP contribution in [0.4, 0.5) is 5.69 Å². The number of carbonyl (C=O) groups excluding carboxylic acids is 1. The lowest BCUT2D eigenvalue weighted by molar-refractivity contribution is -0.119. The van der Waals surface area contributed by atoms with E-state index >= 15 is 0 Å². The molecule has 1 N–H and O–H groups in total. The van der Waals surface area contributed by atoms with Crippen molar-refractivity contribution in [2.24, 2.45) is 13.0 Å². The maximum atomic E-state index is 12.3. The summed E-state index contributed by atoms with van der Waals surface area (Å²) < 4.78 is 3.91. The van der Waals surface area contributed by atoms with Gasteiger partial charge in [0.25, 0.3) is 0 Å². The van der Waals surface area contributed by atoms with Crippen molar-refractivity contribution in [2.75, 3.05) is 5.32 Å². The first-order chi connectivity index (χ1) is 10.5. The molecule has 0 aliphatic rings. The summed E-state index contributed by atoms with van der Waals surface area (Å²) in [5.41, 5.74) is 3.20. The molecule has 0 unspecified atom stereocenters. The molecule has 0 spiro atoms. The van der Waals surface area contributed by atoms with Crippen molar-refractivity contribution in [3.8, 4) is 0 Å². The normalized spacial score (nSPS) is 12.5. The molecule has 1 atom stereocenters. The lowest BCUT2D eigenvalue weighted by atomic mass is 10.1. The Morgan fingerprint density at radius 2 is 2.18 bits per heavy atom. The van der Waals surface area contributed by atoms with Gasteiger partial charge in [-0.2, -0.15) is 5.10 Å². The SMILES string of the molecule is Cc1cc2cc(NC(=O)[C@@H](C)Cn3cccn3)ccc2n1C. The van der Waals surface area contributed by atoms with E-state index in [1.165, 1.54) is 11.2 Å². The summed E-state index contributed by atoms with van der Waals surface area (Å²) in [6.45, 7) is 4.55.